The topological polar surface area (TPSA) is 94.2 Å². The number of urea groups is 1. The van der Waals surface area contributed by atoms with E-state index >= 15 is 0 Å². The van der Waals surface area contributed by atoms with Gasteiger partial charge in [0.2, 0.25) is 0 Å². The van der Waals surface area contributed by atoms with Crippen LogP contribution in [0.4, 0.5) is 10.5 Å². The summed E-state index contributed by atoms with van der Waals surface area (Å²) in [5.74, 6) is 0.0106. The number of anilines is 1. The van der Waals surface area contributed by atoms with Crippen LogP contribution in [0.15, 0.2) is 109 Å². The molecule has 0 unspecified atom stereocenters. The molecule has 4 aromatic rings. The van der Waals surface area contributed by atoms with E-state index in [1.165, 1.54) is 13.2 Å². The molecule has 8 nitrogen and oxygen atoms in total. The maximum Gasteiger partial charge on any atom is 0.335 e. The van der Waals surface area contributed by atoms with Crippen LogP contribution in [0.2, 0.25) is 0 Å². The summed E-state index contributed by atoms with van der Waals surface area (Å²) in [5.41, 5.74) is 4.55. The fourth-order valence-electron chi connectivity index (χ4n) is 4.72. The van der Waals surface area contributed by atoms with E-state index < -0.39 is 17.8 Å². The normalized spacial score (nSPS) is 13.9. The van der Waals surface area contributed by atoms with E-state index in [1.807, 2.05) is 67.6 Å². The van der Waals surface area contributed by atoms with Crippen molar-refractivity contribution in [1.82, 2.24) is 5.32 Å². The summed E-state index contributed by atoms with van der Waals surface area (Å²) in [7, 11) is 1.52. The number of allylic oxidation sites excluding steroid dienone is 1. The van der Waals surface area contributed by atoms with E-state index in [9.17, 15) is 14.4 Å². The van der Waals surface area contributed by atoms with Gasteiger partial charge in [-0.15, -0.1) is 6.58 Å². The first kappa shape index (κ1) is 29.8. The van der Waals surface area contributed by atoms with Crippen molar-refractivity contribution in [3.63, 3.8) is 0 Å². The molecule has 4 amide bonds. The van der Waals surface area contributed by atoms with Crippen LogP contribution in [0.5, 0.6) is 17.2 Å². The van der Waals surface area contributed by atoms with Crippen molar-refractivity contribution in [2.75, 3.05) is 12.0 Å². The minimum absolute atomic E-state index is 0.200. The van der Waals surface area contributed by atoms with Gasteiger partial charge in [-0.1, -0.05) is 66.2 Å². The van der Waals surface area contributed by atoms with Crippen LogP contribution < -0.4 is 24.4 Å². The van der Waals surface area contributed by atoms with Gasteiger partial charge >= 0.3 is 6.03 Å². The molecule has 1 fully saturated rings. The highest BCUT2D eigenvalue weighted by Crippen LogP contribution is 2.35. The first-order valence-electron chi connectivity index (χ1n) is 14.0. The quantitative estimate of drug-likeness (QED) is 0.121. The number of ether oxygens (including phenoxy) is 3. The maximum atomic E-state index is 13.5. The van der Waals surface area contributed by atoms with E-state index in [-0.39, 0.29) is 5.57 Å². The second kappa shape index (κ2) is 13.6. The smallest absolute Gasteiger partial charge is 0.335 e. The molecule has 0 spiro atoms. The van der Waals surface area contributed by atoms with Crippen molar-refractivity contribution in [2.45, 2.75) is 26.6 Å². The molecule has 0 atom stereocenters. The highest BCUT2D eigenvalue weighted by atomic mass is 16.5. The van der Waals surface area contributed by atoms with Crippen LogP contribution in [0.1, 0.15) is 27.8 Å². The fourth-order valence-corrected chi connectivity index (χ4v) is 4.72. The Balaban J connectivity index is 1.38. The van der Waals surface area contributed by atoms with Gasteiger partial charge in [-0.05, 0) is 72.5 Å². The molecule has 1 heterocycles. The maximum absolute atomic E-state index is 13.5. The van der Waals surface area contributed by atoms with Crippen LogP contribution in [-0.2, 0) is 29.2 Å². The molecule has 5 rings (SSSR count). The standard InChI is InChI=1S/C36H32N2O6/c1-4-8-28-19-27(21-32(42-3)33(28)44-23-26-13-11-24(2)12-14-26)20-31-34(39)37-36(41)38(35(31)40)29-15-17-30(18-16-29)43-22-25-9-6-5-7-10-25/h4-7,9-21H,1,8,22-23H2,2-3H3,(H,37,39,41)/b31-20+. The van der Waals surface area contributed by atoms with Crippen molar-refractivity contribution >= 4 is 29.6 Å². The summed E-state index contributed by atoms with van der Waals surface area (Å²) in [6.07, 6.45) is 3.63. The zero-order valence-corrected chi connectivity index (χ0v) is 24.5. The number of benzene rings is 4. The SMILES string of the molecule is C=CCc1cc(/C=C2\C(=O)NC(=O)N(c3ccc(OCc4ccccc4)cc3)C2=O)cc(OC)c1OCc1ccc(C)cc1. The van der Waals surface area contributed by atoms with Gasteiger partial charge in [0.05, 0.1) is 12.8 Å². The summed E-state index contributed by atoms with van der Waals surface area (Å²) in [5, 5.41) is 2.27. The lowest BCUT2D eigenvalue weighted by atomic mass is 10.0. The van der Waals surface area contributed by atoms with E-state index in [0.717, 1.165) is 27.2 Å². The number of barbiturate groups is 1. The summed E-state index contributed by atoms with van der Waals surface area (Å²) < 4.78 is 17.6. The number of hydrogen-bond donors (Lipinski definition) is 1. The second-order valence-corrected chi connectivity index (χ2v) is 10.2. The number of methoxy groups -OCH3 is 1. The highest BCUT2D eigenvalue weighted by molar-refractivity contribution is 6.39. The zero-order valence-electron chi connectivity index (χ0n) is 24.5. The average molecular weight is 589 g/mol. The summed E-state index contributed by atoms with van der Waals surface area (Å²) in [4.78, 5) is 40.1. The largest absolute Gasteiger partial charge is 0.493 e. The molecular formula is C36H32N2O6. The number of aryl methyl sites for hydroxylation is 1. The second-order valence-electron chi connectivity index (χ2n) is 10.2. The molecule has 222 valence electrons. The first-order valence-corrected chi connectivity index (χ1v) is 14.0. The van der Waals surface area contributed by atoms with E-state index in [0.29, 0.717) is 48.1 Å². The minimum atomic E-state index is -0.833. The summed E-state index contributed by atoms with van der Waals surface area (Å²) in [6.45, 7) is 6.58. The highest BCUT2D eigenvalue weighted by Gasteiger charge is 2.37. The number of nitrogens with zero attached hydrogens (tertiary/aromatic N) is 1. The third-order valence-corrected chi connectivity index (χ3v) is 7.00. The average Bonchev–Trinajstić information content (AvgIpc) is 3.03. The third-order valence-electron chi connectivity index (χ3n) is 7.00. The number of hydrogen-bond acceptors (Lipinski definition) is 6. The lowest BCUT2D eigenvalue weighted by Gasteiger charge is -2.26. The third kappa shape index (κ3) is 6.87. The van der Waals surface area contributed by atoms with Crippen LogP contribution in [0.3, 0.4) is 0 Å². The van der Waals surface area contributed by atoms with Crippen molar-refractivity contribution in [2.24, 2.45) is 0 Å². The van der Waals surface area contributed by atoms with Gasteiger partial charge < -0.3 is 14.2 Å². The Labute approximate surface area is 256 Å². The lowest BCUT2D eigenvalue weighted by molar-refractivity contribution is -0.122. The molecule has 0 saturated carbocycles. The van der Waals surface area contributed by atoms with Crippen LogP contribution in [0.25, 0.3) is 6.08 Å². The van der Waals surface area contributed by atoms with Gasteiger partial charge in [-0.2, -0.15) is 0 Å². The van der Waals surface area contributed by atoms with Gasteiger partial charge in [0, 0.05) is 5.56 Å². The van der Waals surface area contributed by atoms with Crippen molar-refractivity contribution in [3.05, 3.63) is 137 Å². The van der Waals surface area contributed by atoms with Gasteiger partial charge in [-0.25, -0.2) is 9.69 Å². The number of nitrogens with one attached hydrogen (secondary N) is 1. The Morgan fingerprint density at radius 1 is 0.841 bits per heavy atom. The number of amides is 4. The Bertz CT molecular complexity index is 1710. The molecular weight excluding hydrogens is 556 g/mol. The minimum Gasteiger partial charge on any atom is -0.493 e. The number of carbonyl (C=O) groups excluding carboxylic acids is 3. The molecule has 8 heteroatoms. The van der Waals surface area contributed by atoms with Gasteiger partial charge in [0.25, 0.3) is 11.8 Å². The Morgan fingerprint density at radius 3 is 2.20 bits per heavy atom. The predicted octanol–water partition coefficient (Wildman–Crippen LogP) is 6.56. The molecule has 1 N–H and O–H groups in total. The van der Waals surface area contributed by atoms with E-state index in [2.05, 4.69) is 11.9 Å². The molecule has 0 aromatic heterocycles. The van der Waals surface area contributed by atoms with Gasteiger partial charge in [-0.3, -0.25) is 14.9 Å². The number of imide groups is 2. The molecule has 0 aliphatic carbocycles. The Kier molecular flexibility index (Phi) is 9.20. The molecule has 0 radical (unpaired) electrons. The summed E-state index contributed by atoms with van der Waals surface area (Å²) >= 11 is 0. The molecule has 4 aromatic carbocycles. The first-order chi connectivity index (χ1) is 21.4. The van der Waals surface area contributed by atoms with Crippen molar-refractivity contribution < 1.29 is 28.6 Å². The van der Waals surface area contributed by atoms with E-state index in [4.69, 9.17) is 14.2 Å². The molecule has 44 heavy (non-hydrogen) atoms. The fraction of sp³-hybridized carbons (Fsp3) is 0.139. The van der Waals surface area contributed by atoms with Crippen LogP contribution >= 0.6 is 0 Å². The molecule has 1 saturated heterocycles. The Hall–Kier alpha value is -5.63. The van der Waals surface area contributed by atoms with E-state index in [1.54, 1.807) is 36.4 Å². The van der Waals surface area contributed by atoms with Crippen LogP contribution in [-0.4, -0.2) is 25.0 Å². The summed E-state index contributed by atoms with van der Waals surface area (Å²) in [6, 6.07) is 26.9. The van der Waals surface area contributed by atoms with Crippen LogP contribution in [0, 0.1) is 6.92 Å². The van der Waals surface area contributed by atoms with Crippen molar-refractivity contribution in [1.29, 1.82) is 0 Å². The molecule has 1 aliphatic heterocycles. The molecule has 0 bridgehead atoms. The zero-order chi connectivity index (χ0) is 31.1. The lowest BCUT2D eigenvalue weighted by Crippen LogP contribution is -2.54. The number of rotatable bonds is 11. The number of carbonyl (C=O) groups is 3. The van der Waals surface area contributed by atoms with Gasteiger partial charge in [0.15, 0.2) is 11.5 Å². The predicted molar refractivity (Wildman–Crippen MR) is 169 cm³/mol. The van der Waals surface area contributed by atoms with Gasteiger partial charge in [0.1, 0.15) is 24.5 Å². The monoisotopic (exact) mass is 588 g/mol. The van der Waals surface area contributed by atoms with Crippen molar-refractivity contribution in [3.8, 4) is 17.2 Å². The Morgan fingerprint density at radius 2 is 1.52 bits per heavy atom. The molecule has 1 aliphatic rings.